The van der Waals surface area contributed by atoms with Gasteiger partial charge in [-0.1, -0.05) is 51.1 Å². The van der Waals surface area contributed by atoms with Gasteiger partial charge in [0.2, 0.25) is 5.91 Å². The van der Waals surface area contributed by atoms with Crippen LogP contribution in [-0.4, -0.2) is 45.7 Å². The normalized spacial score (nSPS) is 23.7. The van der Waals surface area contributed by atoms with Gasteiger partial charge in [0.25, 0.3) is 0 Å². The number of H-pyrrole nitrogens is 1. The Hall–Kier alpha value is -2.25. The Morgan fingerprint density at radius 3 is 2.48 bits per heavy atom. The summed E-state index contributed by atoms with van der Waals surface area (Å²) in [6, 6.07) is 9.64. The van der Waals surface area contributed by atoms with E-state index < -0.39 is 5.97 Å². The Balaban J connectivity index is 1.85. The lowest BCUT2D eigenvalue weighted by Crippen LogP contribution is -2.37. The fourth-order valence-electron chi connectivity index (χ4n) is 4.81. The maximum Gasteiger partial charge on any atom is 0.342 e. The predicted molar refractivity (Wildman–Crippen MR) is 134 cm³/mol. The molecule has 0 aliphatic heterocycles. The second kappa shape index (κ2) is 11.7. The van der Waals surface area contributed by atoms with E-state index in [0.29, 0.717) is 35.0 Å². The van der Waals surface area contributed by atoms with E-state index in [2.05, 4.69) is 31.1 Å². The summed E-state index contributed by atoms with van der Waals surface area (Å²) in [5.41, 5.74) is 1.95. The van der Waals surface area contributed by atoms with Gasteiger partial charge in [0, 0.05) is 18.4 Å². The number of amides is 1. The first-order valence-electron chi connectivity index (χ1n) is 11.8. The number of aromatic nitrogens is 1. The Bertz CT molecular complexity index is 918. The van der Waals surface area contributed by atoms with E-state index in [-0.39, 0.29) is 35.7 Å². The minimum absolute atomic E-state index is 0.102. The molecule has 1 fully saturated rings. The van der Waals surface area contributed by atoms with Crippen LogP contribution in [0.1, 0.15) is 57.3 Å². The highest BCUT2D eigenvalue weighted by Crippen LogP contribution is 2.37. The number of thioether (sulfide) groups is 1. The molecule has 1 saturated carbocycles. The van der Waals surface area contributed by atoms with Crippen molar-refractivity contribution in [1.29, 1.82) is 0 Å². The molecule has 1 aromatic heterocycles. The molecule has 1 aliphatic carbocycles. The largest absolute Gasteiger partial charge is 0.458 e. The van der Waals surface area contributed by atoms with E-state index in [1.165, 1.54) is 11.8 Å². The summed E-state index contributed by atoms with van der Waals surface area (Å²) in [7, 11) is 0. The van der Waals surface area contributed by atoms with Crippen LogP contribution in [0.25, 0.3) is 11.1 Å². The number of nitrogens with one attached hydrogen (secondary N) is 2. The summed E-state index contributed by atoms with van der Waals surface area (Å²) >= 11 is 1.47. The van der Waals surface area contributed by atoms with Crippen LogP contribution in [0.4, 0.5) is 5.82 Å². The standard InChI is InChI=1S/C26H36N2O4S/c1-16-13-17(2)23(18(3)14-16)32-26(31)22-21(20-9-6-5-7-10-20)15-27-24(22)28-25(30)19(4)33-12-8-11-29/h5-7,9-10,15-19,23,27,29H,8,11-14H2,1-4H3,(H,28,30). The number of carbonyl (C=O) groups is 2. The maximum absolute atomic E-state index is 13.5. The zero-order chi connectivity index (χ0) is 24.0. The molecule has 1 heterocycles. The van der Waals surface area contributed by atoms with Gasteiger partial charge in [-0.25, -0.2) is 4.79 Å². The second-order valence-corrected chi connectivity index (χ2v) is 10.7. The highest BCUT2D eigenvalue weighted by Gasteiger charge is 2.35. The van der Waals surface area contributed by atoms with Crippen molar-refractivity contribution >= 4 is 29.5 Å². The van der Waals surface area contributed by atoms with Crippen LogP contribution in [0.3, 0.4) is 0 Å². The van der Waals surface area contributed by atoms with Crippen molar-refractivity contribution in [2.75, 3.05) is 17.7 Å². The van der Waals surface area contributed by atoms with Crippen LogP contribution in [0.15, 0.2) is 36.5 Å². The minimum Gasteiger partial charge on any atom is -0.458 e. The first-order valence-corrected chi connectivity index (χ1v) is 12.9. The van der Waals surface area contributed by atoms with E-state index in [1.807, 2.05) is 37.3 Å². The molecule has 3 N–H and O–H groups in total. The Labute approximate surface area is 200 Å². The summed E-state index contributed by atoms with van der Waals surface area (Å²) in [5, 5.41) is 11.6. The molecule has 3 rings (SSSR count). The Morgan fingerprint density at radius 1 is 1.18 bits per heavy atom. The number of rotatable bonds is 9. The van der Waals surface area contributed by atoms with E-state index >= 15 is 0 Å². The Kier molecular flexibility index (Phi) is 9.03. The van der Waals surface area contributed by atoms with Gasteiger partial charge in [-0.2, -0.15) is 0 Å². The lowest BCUT2D eigenvalue weighted by Gasteiger charge is -2.37. The smallest absolute Gasteiger partial charge is 0.342 e. The van der Waals surface area contributed by atoms with E-state index in [4.69, 9.17) is 9.84 Å². The number of hydrogen-bond donors (Lipinski definition) is 3. The van der Waals surface area contributed by atoms with Gasteiger partial charge in [0.15, 0.2) is 0 Å². The van der Waals surface area contributed by atoms with Crippen LogP contribution in [0, 0.1) is 17.8 Å². The summed E-state index contributed by atoms with van der Waals surface area (Å²) in [6.45, 7) is 8.47. The number of anilines is 1. The quantitative estimate of drug-likeness (QED) is 0.338. The predicted octanol–water partition coefficient (Wildman–Crippen LogP) is 5.35. The van der Waals surface area contributed by atoms with Crippen LogP contribution in [-0.2, 0) is 9.53 Å². The zero-order valence-corrected chi connectivity index (χ0v) is 20.8. The number of hydrogen-bond acceptors (Lipinski definition) is 5. The second-order valence-electron chi connectivity index (χ2n) is 9.30. The third-order valence-corrected chi connectivity index (χ3v) is 7.61. The summed E-state index contributed by atoms with van der Waals surface area (Å²) in [5.74, 6) is 1.64. The zero-order valence-electron chi connectivity index (χ0n) is 20.0. The molecule has 180 valence electrons. The van der Waals surface area contributed by atoms with Crippen LogP contribution in [0.2, 0.25) is 0 Å². The minimum atomic E-state index is -0.413. The molecular weight excluding hydrogens is 436 g/mol. The van der Waals surface area contributed by atoms with E-state index in [9.17, 15) is 9.59 Å². The van der Waals surface area contributed by atoms with Gasteiger partial charge in [-0.3, -0.25) is 4.79 Å². The first kappa shape index (κ1) is 25.4. The molecule has 7 heteroatoms. The summed E-state index contributed by atoms with van der Waals surface area (Å²) < 4.78 is 6.09. The maximum atomic E-state index is 13.5. The highest BCUT2D eigenvalue weighted by molar-refractivity contribution is 8.00. The number of aliphatic hydroxyl groups is 1. The summed E-state index contributed by atoms with van der Waals surface area (Å²) in [4.78, 5) is 29.4. The molecule has 3 atom stereocenters. The van der Waals surface area contributed by atoms with Crippen molar-refractivity contribution in [2.45, 2.75) is 58.3 Å². The molecule has 0 bridgehead atoms. The van der Waals surface area contributed by atoms with Crippen LogP contribution >= 0.6 is 11.8 Å². The first-order chi connectivity index (χ1) is 15.8. The van der Waals surface area contributed by atoms with Gasteiger partial charge in [0.1, 0.15) is 17.5 Å². The van der Waals surface area contributed by atoms with Crippen molar-refractivity contribution in [2.24, 2.45) is 17.8 Å². The topological polar surface area (TPSA) is 91.4 Å². The van der Waals surface area contributed by atoms with E-state index in [1.54, 1.807) is 6.20 Å². The van der Waals surface area contributed by atoms with Crippen LogP contribution < -0.4 is 5.32 Å². The molecule has 6 nitrogen and oxygen atoms in total. The molecule has 0 spiro atoms. The Morgan fingerprint density at radius 2 is 1.85 bits per heavy atom. The average Bonchev–Trinajstić information content (AvgIpc) is 3.20. The number of esters is 1. The SMILES string of the molecule is CC1CC(C)C(OC(=O)c2c(-c3ccccc3)c[nH]c2NC(=O)C(C)SCCCO)C(C)C1. The molecule has 3 unspecified atom stereocenters. The van der Waals surface area contributed by atoms with Crippen molar-refractivity contribution in [1.82, 2.24) is 4.98 Å². The van der Waals surface area contributed by atoms with E-state index in [0.717, 1.165) is 18.4 Å². The molecule has 0 radical (unpaired) electrons. The van der Waals surface area contributed by atoms with Crippen molar-refractivity contribution in [3.8, 4) is 11.1 Å². The molecule has 2 aromatic rings. The fourth-order valence-corrected chi connectivity index (χ4v) is 5.67. The molecule has 1 amide bonds. The number of benzene rings is 1. The van der Waals surface area contributed by atoms with Gasteiger partial charge < -0.3 is 20.1 Å². The van der Waals surface area contributed by atoms with Gasteiger partial charge >= 0.3 is 5.97 Å². The van der Waals surface area contributed by atoms with Gasteiger partial charge in [0.05, 0.1) is 5.25 Å². The molecule has 33 heavy (non-hydrogen) atoms. The van der Waals surface area contributed by atoms with Crippen molar-refractivity contribution in [3.63, 3.8) is 0 Å². The van der Waals surface area contributed by atoms with Crippen LogP contribution in [0.5, 0.6) is 0 Å². The number of carbonyl (C=O) groups excluding carboxylic acids is 2. The van der Waals surface area contributed by atoms with Gasteiger partial charge in [-0.05, 0) is 55.3 Å². The van der Waals surface area contributed by atoms with Crippen molar-refractivity contribution in [3.05, 3.63) is 42.1 Å². The lowest BCUT2D eigenvalue weighted by atomic mass is 9.75. The number of aliphatic hydroxyl groups excluding tert-OH is 1. The highest BCUT2D eigenvalue weighted by atomic mass is 32.2. The van der Waals surface area contributed by atoms with Crippen molar-refractivity contribution < 1.29 is 19.4 Å². The molecule has 1 aromatic carbocycles. The molecule has 0 saturated heterocycles. The molecule has 1 aliphatic rings. The molecular formula is C26H36N2O4S. The fraction of sp³-hybridized carbons (Fsp3) is 0.538. The lowest BCUT2D eigenvalue weighted by molar-refractivity contribution is -0.115. The van der Waals surface area contributed by atoms with Gasteiger partial charge in [-0.15, -0.1) is 11.8 Å². The number of ether oxygens (including phenoxy) is 1. The third kappa shape index (κ3) is 6.42. The third-order valence-electron chi connectivity index (χ3n) is 6.37. The summed E-state index contributed by atoms with van der Waals surface area (Å²) in [6.07, 6.45) is 4.31. The monoisotopic (exact) mass is 472 g/mol. The number of aromatic amines is 1. The average molecular weight is 473 g/mol.